The van der Waals surface area contributed by atoms with Gasteiger partial charge in [-0.05, 0) is 42.7 Å². The molecular weight excluding hydrogens is 535 g/mol. The topological polar surface area (TPSA) is 134 Å². The van der Waals surface area contributed by atoms with E-state index in [0.717, 1.165) is 23.4 Å². The van der Waals surface area contributed by atoms with E-state index in [4.69, 9.17) is 16.2 Å². The Morgan fingerprint density at radius 2 is 1.88 bits per heavy atom. The number of hydrogen-bond acceptors (Lipinski definition) is 9. The van der Waals surface area contributed by atoms with Crippen molar-refractivity contribution in [1.29, 1.82) is 0 Å². The fourth-order valence-corrected chi connectivity index (χ4v) is 5.26. The number of hydrogen-bond donors (Lipinski definition) is 2. The summed E-state index contributed by atoms with van der Waals surface area (Å²) < 4.78 is 49.1. The lowest BCUT2D eigenvalue weighted by Gasteiger charge is -2.41. The van der Waals surface area contributed by atoms with Crippen LogP contribution >= 0.6 is 0 Å². The first-order valence-corrected chi connectivity index (χ1v) is 12.9. The second-order valence-electron chi connectivity index (χ2n) is 10.0. The maximum Gasteiger partial charge on any atom is 0.216 e. The standard InChI is InChI=1S/C28H26F3N9O/c1-41-18-9-23(38-24(31)10-18)28(33)5-2-6-39(13-28)22-11-34-21(16-3-4-19(29)20(30)7-16)8-17(22)12-40-15-37-25-26(32)35-14-36-27(25)40/h3-4,7-11,14-15H,2,5-6,12-13,33H2,1H3,(H2,32,35,36)/t28-/m1/s1. The van der Waals surface area contributed by atoms with Gasteiger partial charge >= 0.3 is 0 Å². The van der Waals surface area contributed by atoms with Gasteiger partial charge in [0.05, 0.1) is 48.8 Å². The molecule has 1 saturated heterocycles. The molecule has 1 aromatic carbocycles. The van der Waals surface area contributed by atoms with Gasteiger partial charge in [-0.25, -0.2) is 28.7 Å². The Kier molecular flexibility index (Phi) is 6.66. The predicted octanol–water partition coefficient (Wildman–Crippen LogP) is 3.79. The predicted molar refractivity (Wildman–Crippen MR) is 146 cm³/mol. The average Bonchev–Trinajstić information content (AvgIpc) is 3.38. The summed E-state index contributed by atoms with van der Waals surface area (Å²) in [5.41, 5.74) is 15.7. The summed E-state index contributed by atoms with van der Waals surface area (Å²) in [5.74, 6) is -1.99. The van der Waals surface area contributed by atoms with Gasteiger partial charge in [-0.1, -0.05) is 0 Å². The van der Waals surface area contributed by atoms with E-state index in [9.17, 15) is 13.2 Å². The number of rotatable bonds is 6. The van der Waals surface area contributed by atoms with Crippen LogP contribution in [-0.2, 0) is 12.1 Å². The van der Waals surface area contributed by atoms with E-state index in [1.54, 1.807) is 18.6 Å². The number of piperidine rings is 1. The number of benzene rings is 1. The summed E-state index contributed by atoms with van der Waals surface area (Å²) in [6.45, 7) is 1.29. The Morgan fingerprint density at radius 1 is 1.02 bits per heavy atom. The highest BCUT2D eigenvalue weighted by Gasteiger charge is 2.36. The summed E-state index contributed by atoms with van der Waals surface area (Å²) in [5, 5.41) is 0. The van der Waals surface area contributed by atoms with Gasteiger partial charge in [-0.2, -0.15) is 4.39 Å². The molecule has 1 atom stereocenters. The minimum atomic E-state index is -0.968. The van der Waals surface area contributed by atoms with E-state index < -0.39 is 23.1 Å². The lowest BCUT2D eigenvalue weighted by atomic mass is 9.86. The quantitative estimate of drug-likeness (QED) is 0.297. The number of pyridine rings is 2. The van der Waals surface area contributed by atoms with Crippen LogP contribution in [0.4, 0.5) is 24.7 Å². The van der Waals surface area contributed by atoms with E-state index in [1.165, 1.54) is 25.6 Å². The van der Waals surface area contributed by atoms with Crippen molar-refractivity contribution in [2.45, 2.75) is 24.9 Å². The van der Waals surface area contributed by atoms with Gasteiger partial charge in [0.15, 0.2) is 23.1 Å². The second-order valence-corrected chi connectivity index (χ2v) is 10.0. The van der Waals surface area contributed by atoms with Crippen molar-refractivity contribution < 1.29 is 17.9 Å². The molecule has 0 aliphatic carbocycles. The number of nitrogen functional groups attached to an aromatic ring is 1. The zero-order chi connectivity index (χ0) is 28.7. The summed E-state index contributed by atoms with van der Waals surface area (Å²) in [6.07, 6.45) is 5.95. The number of aromatic nitrogens is 6. The first-order valence-electron chi connectivity index (χ1n) is 12.9. The molecule has 4 N–H and O–H groups in total. The van der Waals surface area contributed by atoms with Crippen LogP contribution < -0.4 is 21.1 Å². The molecule has 0 unspecified atom stereocenters. The Bertz CT molecular complexity index is 1760. The highest BCUT2D eigenvalue weighted by atomic mass is 19.2. The van der Waals surface area contributed by atoms with E-state index >= 15 is 0 Å². The van der Waals surface area contributed by atoms with Gasteiger partial charge in [-0.15, -0.1) is 0 Å². The molecule has 4 aromatic heterocycles. The molecule has 5 heterocycles. The first-order chi connectivity index (χ1) is 19.7. The van der Waals surface area contributed by atoms with Crippen molar-refractivity contribution in [3.63, 3.8) is 0 Å². The molecule has 41 heavy (non-hydrogen) atoms. The van der Waals surface area contributed by atoms with Crippen molar-refractivity contribution >= 4 is 22.7 Å². The fraction of sp³-hybridized carbons (Fsp3) is 0.250. The summed E-state index contributed by atoms with van der Waals surface area (Å²) in [7, 11) is 1.46. The molecule has 0 radical (unpaired) electrons. The van der Waals surface area contributed by atoms with Crippen LogP contribution in [-0.4, -0.2) is 49.7 Å². The van der Waals surface area contributed by atoms with Gasteiger partial charge in [-0.3, -0.25) is 4.98 Å². The van der Waals surface area contributed by atoms with Crippen molar-refractivity contribution in [3.8, 4) is 17.0 Å². The Hall–Kier alpha value is -4.78. The molecule has 6 rings (SSSR count). The average molecular weight is 562 g/mol. The molecule has 0 amide bonds. The molecule has 0 saturated carbocycles. The van der Waals surface area contributed by atoms with Crippen LogP contribution in [0.2, 0.25) is 0 Å². The lowest BCUT2D eigenvalue weighted by Crippen LogP contribution is -2.52. The number of nitrogens with zero attached hydrogens (tertiary/aromatic N) is 7. The third-order valence-corrected chi connectivity index (χ3v) is 7.33. The van der Waals surface area contributed by atoms with E-state index in [2.05, 4.69) is 29.8 Å². The minimum Gasteiger partial charge on any atom is -0.497 e. The molecular formula is C28H26F3N9O. The Labute approximate surface area is 232 Å². The number of nitrogens with two attached hydrogens (primary N) is 2. The van der Waals surface area contributed by atoms with Gasteiger partial charge in [0, 0.05) is 30.8 Å². The number of halogens is 3. The van der Waals surface area contributed by atoms with Crippen LogP contribution in [0.3, 0.4) is 0 Å². The zero-order valence-corrected chi connectivity index (χ0v) is 22.1. The maximum absolute atomic E-state index is 14.3. The number of fused-ring (bicyclic) bond motifs is 1. The summed E-state index contributed by atoms with van der Waals surface area (Å²) in [4.78, 5) is 23.4. The van der Waals surface area contributed by atoms with Crippen LogP contribution in [0.5, 0.6) is 5.75 Å². The first kappa shape index (κ1) is 26.4. The number of imidazole rings is 1. The van der Waals surface area contributed by atoms with Crippen molar-refractivity contribution in [1.82, 2.24) is 29.5 Å². The third kappa shape index (κ3) is 4.99. The van der Waals surface area contributed by atoms with Gasteiger partial charge in [0.25, 0.3) is 0 Å². The van der Waals surface area contributed by atoms with E-state index in [0.29, 0.717) is 66.3 Å². The van der Waals surface area contributed by atoms with Gasteiger partial charge in [0.2, 0.25) is 5.95 Å². The largest absolute Gasteiger partial charge is 0.497 e. The highest BCUT2D eigenvalue weighted by molar-refractivity contribution is 5.81. The van der Waals surface area contributed by atoms with Crippen LogP contribution in [0.15, 0.2) is 55.2 Å². The zero-order valence-electron chi connectivity index (χ0n) is 22.1. The molecule has 0 spiro atoms. The van der Waals surface area contributed by atoms with E-state index in [1.807, 2.05) is 10.6 Å². The normalized spacial score (nSPS) is 17.2. The monoisotopic (exact) mass is 561 g/mol. The minimum absolute atomic E-state index is 0.258. The highest BCUT2D eigenvalue weighted by Crippen LogP contribution is 2.35. The van der Waals surface area contributed by atoms with Crippen LogP contribution in [0.25, 0.3) is 22.4 Å². The molecule has 1 fully saturated rings. The molecule has 10 nitrogen and oxygen atoms in total. The van der Waals surface area contributed by atoms with Crippen molar-refractivity contribution in [2.24, 2.45) is 5.73 Å². The second kappa shape index (κ2) is 10.3. The third-order valence-electron chi connectivity index (χ3n) is 7.33. The van der Waals surface area contributed by atoms with Crippen molar-refractivity contribution in [3.05, 3.63) is 84.1 Å². The summed E-state index contributed by atoms with van der Waals surface area (Å²) in [6, 6.07) is 8.32. The number of methoxy groups -OCH3 is 1. The van der Waals surface area contributed by atoms with Crippen LogP contribution in [0, 0.1) is 17.6 Å². The molecule has 1 aliphatic rings. The Morgan fingerprint density at radius 3 is 2.68 bits per heavy atom. The van der Waals surface area contributed by atoms with Crippen molar-refractivity contribution in [2.75, 3.05) is 30.8 Å². The van der Waals surface area contributed by atoms with Gasteiger partial charge < -0.3 is 25.7 Å². The van der Waals surface area contributed by atoms with Crippen LogP contribution in [0.1, 0.15) is 24.1 Å². The molecule has 210 valence electrons. The maximum atomic E-state index is 14.3. The summed E-state index contributed by atoms with van der Waals surface area (Å²) >= 11 is 0. The lowest BCUT2D eigenvalue weighted by molar-refractivity contribution is 0.336. The Balaban J connectivity index is 1.42. The fourth-order valence-electron chi connectivity index (χ4n) is 5.26. The molecule has 5 aromatic rings. The smallest absolute Gasteiger partial charge is 0.216 e. The van der Waals surface area contributed by atoms with E-state index in [-0.39, 0.29) is 5.82 Å². The van der Waals surface area contributed by atoms with Gasteiger partial charge in [0.1, 0.15) is 17.6 Å². The molecule has 13 heteroatoms. The molecule has 0 bridgehead atoms. The molecule has 1 aliphatic heterocycles. The number of ether oxygens (including phenoxy) is 1. The SMILES string of the molecule is COc1cc(F)nc([C@@]2(N)CCCN(c3cnc(-c4ccc(F)c(F)c4)cc3Cn3cnc4c(N)ncnc43)C2)c1. The number of anilines is 2.